The summed E-state index contributed by atoms with van der Waals surface area (Å²) >= 11 is 0. The number of halogens is 2. The smallest absolute Gasteiger partial charge is 0.158 e. The van der Waals surface area contributed by atoms with Gasteiger partial charge in [-0.05, 0) is 32.8 Å². The van der Waals surface area contributed by atoms with Gasteiger partial charge >= 0.3 is 0 Å². The Morgan fingerprint density at radius 3 is 2.41 bits per heavy atom. The molecule has 1 atom stereocenters. The van der Waals surface area contributed by atoms with E-state index in [4.69, 9.17) is 5.11 Å². The van der Waals surface area contributed by atoms with Crippen molar-refractivity contribution < 1.29 is 27.4 Å². The van der Waals surface area contributed by atoms with E-state index < -0.39 is 31.8 Å². The van der Waals surface area contributed by atoms with E-state index >= 15 is 0 Å². The largest absolute Gasteiger partial charge is 0.396 e. The Kier molecular flexibility index (Phi) is 7.47. The SMILES string of the molecule is CC(C)(C(O)(Cn1cncn1)c1ccc(F)cc1F)S(=O)(=O)CCCCCCO. The molecule has 0 bridgehead atoms. The quantitative estimate of drug-likeness (QED) is 0.529. The normalized spacial score (nSPS) is 14.7. The number of sulfone groups is 1. The van der Waals surface area contributed by atoms with Crippen molar-refractivity contribution in [3.8, 4) is 0 Å². The van der Waals surface area contributed by atoms with Gasteiger partial charge in [0.2, 0.25) is 0 Å². The summed E-state index contributed by atoms with van der Waals surface area (Å²) in [6.45, 7) is 2.32. The maximum Gasteiger partial charge on any atom is 0.158 e. The van der Waals surface area contributed by atoms with Crippen molar-refractivity contribution in [3.63, 3.8) is 0 Å². The summed E-state index contributed by atoms with van der Waals surface area (Å²) in [6, 6.07) is 2.64. The lowest BCUT2D eigenvalue weighted by molar-refractivity contribution is -0.0202. The number of hydrogen-bond donors (Lipinski definition) is 2. The van der Waals surface area contributed by atoms with Gasteiger partial charge in [-0.15, -0.1) is 0 Å². The lowest BCUT2D eigenvalue weighted by Gasteiger charge is -2.42. The van der Waals surface area contributed by atoms with Crippen molar-refractivity contribution in [2.24, 2.45) is 0 Å². The number of unbranched alkanes of at least 4 members (excludes halogenated alkanes) is 3. The van der Waals surface area contributed by atoms with Crippen LogP contribution in [-0.2, 0) is 22.0 Å². The second kappa shape index (κ2) is 9.27. The monoisotopic (exact) mass is 431 g/mol. The van der Waals surface area contributed by atoms with E-state index in [0.29, 0.717) is 31.7 Å². The molecule has 0 aliphatic carbocycles. The Bertz CT molecular complexity index is 904. The molecular formula is C19H27F2N3O4S. The molecule has 0 spiro atoms. The van der Waals surface area contributed by atoms with Crippen molar-refractivity contribution in [2.45, 2.75) is 56.4 Å². The van der Waals surface area contributed by atoms with Gasteiger partial charge in [-0.25, -0.2) is 26.9 Å². The maximum atomic E-state index is 14.6. The summed E-state index contributed by atoms with van der Waals surface area (Å²) in [5.41, 5.74) is -2.56. The minimum absolute atomic E-state index is 0.0414. The fraction of sp³-hybridized carbons (Fsp3) is 0.579. The van der Waals surface area contributed by atoms with Gasteiger partial charge in [0.05, 0.1) is 12.3 Å². The van der Waals surface area contributed by atoms with Gasteiger partial charge in [0.15, 0.2) is 9.84 Å². The zero-order valence-electron chi connectivity index (χ0n) is 16.6. The Morgan fingerprint density at radius 1 is 1.14 bits per heavy atom. The van der Waals surface area contributed by atoms with Crippen LogP contribution in [0.4, 0.5) is 8.78 Å². The zero-order chi connectivity index (χ0) is 21.7. The lowest BCUT2D eigenvalue weighted by Crippen LogP contribution is -2.56. The van der Waals surface area contributed by atoms with Crippen LogP contribution in [0.1, 0.15) is 45.1 Å². The van der Waals surface area contributed by atoms with Crippen LogP contribution in [0, 0.1) is 11.6 Å². The molecule has 0 amide bonds. The minimum atomic E-state index is -3.92. The standard InChI is InChI=1S/C19H27F2N3O4S/c1-18(2,29(27,28)10-6-4-3-5-9-25)19(26,12-24-14-22-13-23-24)16-8-7-15(20)11-17(16)21/h7-8,11,13-14,25-26H,3-6,9-10,12H2,1-2H3. The fourth-order valence-electron chi connectivity index (χ4n) is 3.24. The van der Waals surface area contributed by atoms with E-state index in [2.05, 4.69) is 10.1 Å². The third-order valence-electron chi connectivity index (χ3n) is 5.33. The van der Waals surface area contributed by atoms with Crippen LogP contribution in [-0.4, -0.2) is 50.5 Å². The summed E-state index contributed by atoms with van der Waals surface area (Å²) in [4.78, 5) is 3.78. The molecule has 1 aromatic heterocycles. The average molecular weight is 432 g/mol. The second-order valence-electron chi connectivity index (χ2n) is 7.54. The van der Waals surface area contributed by atoms with Crippen LogP contribution in [0.2, 0.25) is 0 Å². The molecular weight excluding hydrogens is 404 g/mol. The van der Waals surface area contributed by atoms with Crippen LogP contribution < -0.4 is 0 Å². The van der Waals surface area contributed by atoms with Gasteiger partial charge in [-0.2, -0.15) is 5.10 Å². The van der Waals surface area contributed by atoms with Gasteiger partial charge < -0.3 is 10.2 Å². The van der Waals surface area contributed by atoms with Crippen molar-refractivity contribution in [1.29, 1.82) is 0 Å². The van der Waals surface area contributed by atoms with Gasteiger partial charge in [-0.3, -0.25) is 0 Å². The first-order valence-corrected chi connectivity index (χ1v) is 11.0. The van der Waals surface area contributed by atoms with Crippen LogP contribution in [0.25, 0.3) is 0 Å². The minimum Gasteiger partial charge on any atom is -0.396 e. The third-order valence-corrected chi connectivity index (χ3v) is 8.05. The summed E-state index contributed by atoms with van der Waals surface area (Å²) in [5, 5.41) is 24.3. The molecule has 0 saturated heterocycles. The van der Waals surface area contributed by atoms with Crippen molar-refractivity contribution in [3.05, 3.63) is 48.1 Å². The van der Waals surface area contributed by atoms with E-state index in [1.54, 1.807) is 0 Å². The number of hydrogen-bond acceptors (Lipinski definition) is 6. The predicted octanol–water partition coefficient (Wildman–Crippen LogP) is 2.19. The molecule has 1 aromatic carbocycles. The zero-order valence-corrected chi connectivity index (χ0v) is 17.4. The fourth-order valence-corrected chi connectivity index (χ4v) is 5.03. The van der Waals surface area contributed by atoms with E-state index in [0.717, 1.165) is 12.1 Å². The number of benzene rings is 1. The molecule has 2 N–H and O–H groups in total. The molecule has 7 nitrogen and oxygen atoms in total. The molecule has 2 aromatic rings. The number of nitrogens with zero attached hydrogens (tertiary/aromatic N) is 3. The summed E-state index contributed by atoms with van der Waals surface area (Å²) in [5.74, 6) is -2.09. The molecule has 0 fully saturated rings. The Labute approximate surface area is 169 Å². The van der Waals surface area contributed by atoms with Crippen LogP contribution >= 0.6 is 0 Å². The van der Waals surface area contributed by atoms with E-state index in [1.165, 1.54) is 31.2 Å². The van der Waals surface area contributed by atoms with E-state index in [-0.39, 0.29) is 24.5 Å². The summed E-state index contributed by atoms with van der Waals surface area (Å²) in [6.07, 6.45) is 4.70. The summed E-state index contributed by atoms with van der Waals surface area (Å²) < 4.78 is 53.8. The van der Waals surface area contributed by atoms with Crippen LogP contribution in [0.15, 0.2) is 30.9 Å². The number of aliphatic hydroxyl groups is 2. The van der Waals surface area contributed by atoms with Crippen molar-refractivity contribution in [2.75, 3.05) is 12.4 Å². The van der Waals surface area contributed by atoms with Gasteiger partial charge in [-0.1, -0.05) is 18.9 Å². The Balaban J connectivity index is 2.43. The summed E-state index contributed by atoms with van der Waals surface area (Å²) in [7, 11) is -3.92. The van der Waals surface area contributed by atoms with Crippen molar-refractivity contribution in [1.82, 2.24) is 14.8 Å². The molecule has 29 heavy (non-hydrogen) atoms. The molecule has 0 aliphatic rings. The maximum absolute atomic E-state index is 14.6. The van der Waals surface area contributed by atoms with E-state index in [1.807, 2.05) is 0 Å². The van der Waals surface area contributed by atoms with Gasteiger partial charge in [0.1, 0.15) is 34.6 Å². The molecule has 0 saturated carbocycles. The number of rotatable bonds is 11. The number of aromatic nitrogens is 3. The topological polar surface area (TPSA) is 105 Å². The van der Waals surface area contributed by atoms with Crippen molar-refractivity contribution >= 4 is 9.84 Å². The Hall–Kier alpha value is -1.91. The average Bonchev–Trinajstić information content (AvgIpc) is 3.13. The first-order valence-electron chi connectivity index (χ1n) is 9.38. The second-order valence-corrected chi connectivity index (χ2v) is 10.2. The molecule has 1 unspecified atom stereocenters. The molecule has 0 radical (unpaired) electrons. The highest BCUT2D eigenvalue weighted by Crippen LogP contribution is 2.42. The Morgan fingerprint density at radius 2 is 1.83 bits per heavy atom. The molecule has 0 aliphatic heterocycles. The highest BCUT2D eigenvalue weighted by molar-refractivity contribution is 7.92. The highest BCUT2D eigenvalue weighted by atomic mass is 32.2. The molecule has 162 valence electrons. The molecule has 2 rings (SSSR count). The van der Waals surface area contributed by atoms with Gasteiger partial charge in [0.25, 0.3) is 0 Å². The van der Waals surface area contributed by atoms with E-state index in [9.17, 15) is 22.3 Å². The first kappa shape index (κ1) is 23.4. The predicted molar refractivity (Wildman–Crippen MR) is 104 cm³/mol. The third kappa shape index (κ3) is 4.99. The lowest BCUT2D eigenvalue weighted by atomic mass is 9.82. The van der Waals surface area contributed by atoms with Crippen LogP contribution in [0.3, 0.4) is 0 Å². The highest BCUT2D eigenvalue weighted by Gasteiger charge is 2.54. The number of aliphatic hydroxyl groups excluding tert-OH is 1. The molecule has 1 heterocycles. The van der Waals surface area contributed by atoms with Crippen LogP contribution in [0.5, 0.6) is 0 Å². The first-order chi connectivity index (χ1) is 13.5. The van der Waals surface area contributed by atoms with Gasteiger partial charge in [0, 0.05) is 18.2 Å². The molecule has 10 heteroatoms.